The first-order valence-electron chi connectivity index (χ1n) is 20.4. The van der Waals surface area contributed by atoms with Crippen LogP contribution in [0, 0.1) is 5.41 Å². The van der Waals surface area contributed by atoms with Crippen LogP contribution in [0.2, 0.25) is 0 Å². The number of benzene rings is 2. The molecule has 2 saturated heterocycles. The number of aromatic nitrogens is 5. The Labute approximate surface area is 343 Å². The van der Waals surface area contributed by atoms with E-state index in [1.165, 1.54) is 11.8 Å². The van der Waals surface area contributed by atoms with Crippen LogP contribution in [-0.2, 0) is 24.2 Å². The van der Waals surface area contributed by atoms with Gasteiger partial charge < -0.3 is 29.5 Å². The van der Waals surface area contributed by atoms with Crippen molar-refractivity contribution in [2.45, 2.75) is 77.4 Å². The number of hydrogen-bond donors (Lipinski definition) is 1. The molecule has 1 saturated carbocycles. The highest BCUT2D eigenvalue weighted by atomic mass is 19.1. The van der Waals surface area contributed by atoms with Crippen LogP contribution in [0.15, 0.2) is 67.1 Å². The number of piperidine rings is 1. The van der Waals surface area contributed by atoms with E-state index in [0.717, 1.165) is 85.1 Å². The summed E-state index contributed by atoms with van der Waals surface area (Å²) in [7, 11) is 3.64. The molecular formula is C44H51FN10O4. The van der Waals surface area contributed by atoms with Crippen molar-refractivity contribution in [2.24, 2.45) is 5.41 Å². The minimum absolute atomic E-state index is 0.220. The molecule has 3 aliphatic heterocycles. The van der Waals surface area contributed by atoms with Gasteiger partial charge in [0.25, 0.3) is 5.91 Å². The number of nitrogens with zero attached hydrogens (tertiary/aromatic N) is 9. The van der Waals surface area contributed by atoms with E-state index < -0.39 is 23.7 Å². The first-order valence-corrected chi connectivity index (χ1v) is 20.4. The largest absolute Gasteiger partial charge is 0.497 e. The van der Waals surface area contributed by atoms with Crippen LogP contribution < -0.4 is 19.9 Å². The fraction of sp³-hybridized carbons (Fsp3) is 0.455. The number of amides is 2. The summed E-state index contributed by atoms with van der Waals surface area (Å²) in [5.74, 6) is 1.83. The third-order valence-electron chi connectivity index (χ3n) is 12.0. The van der Waals surface area contributed by atoms with Gasteiger partial charge >= 0.3 is 6.09 Å². The monoisotopic (exact) mass is 802 g/mol. The van der Waals surface area contributed by atoms with Crippen LogP contribution in [0.3, 0.4) is 0 Å². The number of fused-ring (bicyclic) bond motifs is 2. The predicted octanol–water partition coefficient (Wildman–Crippen LogP) is 6.20. The molecule has 1 aliphatic carbocycles. The molecule has 1 spiro atoms. The van der Waals surface area contributed by atoms with Gasteiger partial charge in [0.1, 0.15) is 23.3 Å². The van der Waals surface area contributed by atoms with Gasteiger partial charge in [-0.15, -0.1) is 5.10 Å². The maximum atomic E-state index is 13.8. The smallest absolute Gasteiger partial charge is 0.410 e. The Morgan fingerprint density at radius 1 is 1.00 bits per heavy atom. The molecule has 15 heteroatoms. The van der Waals surface area contributed by atoms with Crippen LogP contribution in [0.5, 0.6) is 5.75 Å². The minimum Gasteiger partial charge on any atom is -0.497 e. The summed E-state index contributed by atoms with van der Waals surface area (Å²) < 4.78 is 26.3. The van der Waals surface area contributed by atoms with E-state index in [-0.39, 0.29) is 17.2 Å². The average molecular weight is 803 g/mol. The van der Waals surface area contributed by atoms with Gasteiger partial charge in [-0.05, 0) is 80.3 Å². The van der Waals surface area contributed by atoms with Crippen molar-refractivity contribution in [3.63, 3.8) is 0 Å². The predicted molar refractivity (Wildman–Crippen MR) is 222 cm³/mol. The van der Waals surface area contributed by atoms with Gasteiger partial charge in [-0.3, -0.25) is 9.69 Å². The molecule has 9 rings (SSSR count). The molecule has 5 aromatic rings. The van der Waals surface area contributed by atoms with Crippen LogP contribution in [-0.4, -0.2) is 111 Å². The number of anilines is 3. The second kappa shape index (κ2) is 15.1. The number of methoxy groups -OCH3 is 1. The molecule has 3 fully saturated rings. The van der Waals surface area contributed by atoms with Crippen LogP contribution in [0.1, 0.15) is 67.5 Å². The van der Waals surface area contributed by atoms with Gasteiger partial charge in [0, 0.05) is 82.4 Å². The highest BCUT2D eigenvalue weighted by molar-refractivity contribution is 5.94. The van der Waals surface area contributed by atoms with Gasteiger partial charge in [-0.1, -0.05) is 24.3 Å². The van der Waals surface area contributed by atoms with Crippen LogP contribution in [0.25, 0.3) is 16.8 Å². The van der Waals surface area contributed by atoms with Crippen LogP contribution in [0.4, 0.5) is 26.4 Å². The molecule has 6 heterocycles. The van der Waals surface area contributed by atoms with E-state index in [2.05, 4.69) is 37.1 Å². The fourth-order valence-electron chi connectivity index (χ4n) is 8.69. The number of imidazole rings is 1. The van der Waals surface area contributed by atoms with Crippen molar-refractivity contribution in [2.75, 3.05) is 56.7 Å². The summed E-state index contributed by atoms with van der Waals surface area (Å²) in [4.78, 5) is 48.7. The Morgan fingerprint density at radius 2 is 1.73 bits per heavy atom. The number of rotatable bonds is 10. The molecule has 59 heavy (non-hydrogen) atoms. The van der Waals surface area contributed by atoms with Gasteiger partial charge in [0.15, 0.2) is 17.2 Å². The van der Waals surface area contributed by atoms with Gasteiger partial charge in [0.2, 0.25) is 0 Å². The maximum Gasteiger partial charge on any atom is 0.410 e. The molecule has 2 atom stereocenters. The Morgan fingerprint density at radius 3 is 2.41 bits per heavy atom. The van der Waals surface area contributed by atoms with E-state index >= 15 is 0 Å². The molecule has 2 amide bonds. The summed E-state index contributed by atoms with van der Waals surface area (Å²) in [5, 5.41) is 7.79. The minimum atomic E-state index is -1.03. The zero-order valence-electron chi connectivity index (χ0n) is 34.3. The molecule has 2 aromatic carbocycles. The SMILES string of the molecule is COc1ccc(CN(C)c2cc(N3CCc4c(-c5cnc(CN6CC7(CCN(C(=O)OC(C)(C)C)CC7)C6)nc5)cccc43)nn3c(C(=O)N[C@@H]4C[C@@H]4F)cnc23)cc1. The summed E-state index contributed by atoms with van der Waals surface area (Å²) in [6.45, 7) is 11.1. The third kappa shape index (κ3) is 7.87. The molecule has 0 radical (unpaired) electrons. The van der Waals surface area contributed by atoms with Crippen molar-refractivity contribution in [3.8, 4) is 16.9 Å². The zero-order valence-corrected chi connectivity index (χ0v) is 34.3. The number of nitrogens with one attached hydrogen (secondary N) is 1. The zero-order chi connectivity index (χ0) is 41.1. The first kappa shape index (κ1) is 38.7. The van der Waals surface area contributed by atoms with Crippen molar-refractivity contribution in [1.29, 1.82) is 0 Å². The Bertz CT molecular complexity index is 2360. The number of hydrogen-bond acceptors (Lipinski definition) is 11. The van der Waals surface area contributed by atoms with E-state index in [0.29, 0.717) is 37.5 Å². The van der Waals surface area contributed by atoms with Gasteiger partial charge in [-0.25, -0.2) is 28.7 Å². The molecule has 4 aliphatic rings. The average Bonchev–Trinajstić information content (AvgIpc) is 3.53. The lowest BCUT2D eigenvalue weighted by Crippen LogP contribution is -2.60. The lowest BCUT2D eigenvalue weighted by Gasteiger charge is -2.53. The van der Waals surface area contributed by atoms with E-state index in [9.17, 15) is 14.0 Å². The van der Waals surface area contributed by atoms with E-state index in [4.69, 9.17) is 24.5 Å². The maximum absolute atomic E-state index is 13.8. The molecule has 0 bridgehead atoms. The Kier molecular flexibility index (Phi) is 9.89. The van der Waals surface area contributed by atoms with E-state index in [1.54, 1.807) is 11.6 Å². The third-order valence-corrected chi connectivity index (χ3v) is 12.0. The summed E-state index contributed by atoms with van der Waals surface area (Å²) in [5.41, 5.74) is 6.63. The Hall–Kier alpha value is -5.83. The quantitative estimate of drug-likeness (QED) is 0.173. The highest BCUT2D eigenvalue weighted by Crippen LogP contribution is 2.42. The molecule has 308 valence electrons. The summed E-state index contributed by atoms with van der Waals surface area (Å²) in [6, 6.07) is 15.7. The molecule has 14 nitrogen and oxygen atoms in total. The Balaban J connectivity index is 0.917. The van der Waals surface area contributed by atoms with Crippen molar-refractivity contribution >= 4 is 34.8 Å². The summed E-state index contributed by atoms with van der Waals surface area (Å²) in [6.07, 6.45) is 7.16. The molecular weight excluding hydrogens is 752 g/mol. The molecule has 3 aromatic heterocycles. The number of carbonyl (C=O) groups is 2. The molecule has 1 N–H and O–H groups in total. The van der Waals surface area contributed by atoms with Crippen LogP contribution >= 0.6 is 0 Å². The lowest BCUT2D eigenvalue weighted by atomic mass is 9.72. The normalized spacial score (nSPS) is 19.7. The number of alkyl halides is 1. The standard InChI is InChI=1S/C44H51FN10O4/c1-43(2,3)59-42(57)53-17-14-44(15-18-53)26-52(27-44)25-38-46-21-29(22-47-38)31-7-6-8-35-32(31)13-16-54(35)39-20-36(51(4)24-28-9-11-30(58-5)12-10-28)40-48-23-37(55(40)50-39)41(56)49-34-19-33(34)45/h6-12,20-23,33-34H,13-19,24-27H2,1-5H3,(H,49,56)/t33-,34+/m0/s1. The lowest BCUT2D eigenvalue weighted by molar-refractivity contribution is -0.0560. The van der Waals surface area contributed by atoms with Gasteiger partial charge in [0.05, 0.1) is 31.6 Å². The highest BCUT2D eigenvalue weighted by Gasteiger charge is 2.46. The van der Waals surface area contributed by atoms with E-state index in [1.807, 2.05) is 81.5 Å². The number of halogens is 1. The second-order valence-electron chi connectivity index (χ2n) is 17.5. The van der Waals surface area contributed by atoms with Gasteiger partial charge in [-0.2, -0.15) is 0 Å². The number of carbonyl (C=O) groups excluding carboxylic acids is 2. The van der Waals surface area contributed by atoms with Crippen molar-refractivity contribution < 1.29 is 23.5 Å². The van der Waals surface area contributed by atoms with Crippen molar-refractivity contribution in [1.82, 2.24) is 39.7 Å². The van der Waals surface area contributed by atoms with Crippen molar-refractivity contribution in [3.05, 3.63) is 89.8 Å². The molecule has 0 unspecified atom stereocenters. The fourth-order valence-corrected chi connectivity index (χ4v) is 8.69. The number of likely N-dealkylation sites (tertiary alicyclic amines) is 2. The first-order chi connectivity index (χ1) is 28.3. The topological polar surface area (TPSA) is 134 Å². The second-order valence-corrected chi connectivity index (χ2v) is 17.5. The summed E-state index contributed by atoms with van der Waals surface area (Å²) >= 11 is 0. The number of ether oxygens (including phenoxy) is 2.